The maximum absolute atomic E-state index is 12.2. The number of aryl methyl sites for hydroxylation is 1. The van der Waals surface area contributed by atoms with Crippen molar-refractivity contribution in [2.24, 2.45) is 5.73 Å². The van der Waals surface area contributed by atoms with Crippen LogP contribution >= 0.6 is 11.6 Å². The molecule has 0 saturated carbocycles. The van der Waals surface area contributed by atoms with E-state index in [4.69, 9.17) is 17.3 Å². The molecular weight excluding hydrogens is 238 g/mol. The Morgan fingerprint density at radius 2 is 2.24 bits per heavy atom. The summed E-state index contributed by atoms with van der Waals surface area (Å²) in [6.07, 6.45) is 0.707. The first kappa shape index (κ1) is 12.1. The molecule has 2 N–H and O–H groups in total. The molecule has 0 aliphatic heterocycles. The van der Waals surface area contributed by atoms with Crippen molar-refractivity contribution < 1.29 is 0 Å². The topological polar surface area (TPSA) is 60.9 Å². The van der Waals surface area contributed by atoms with Gasteiger partial charge in [0.1, 0.15) is 0 Å². The fourth-order valence-corrected chi connectivity index (χ4v) is 2.00. The summed E-state index contributed by atoms with van der Waals surface area (Å²) in [5.74, 6) is 0. The van der Waals surface area contributed by atoms with Crippen molar-refractivity contribution >= 4 is 22.5 Å². The summed E-state index contributed by atoms with van der Waals surface area (Å²) in [5, 5.41) is 0.818. The zero-order valence-corrected chi connectivity index (χ0v) is 10.4. The molecule has 17 heavy (non-hydrogen) atoms. The Morgan fingerprint density at radius 1 is 1.47 bits per heavy atom. The van der Waals surface area contributed by atoms with Crippen LogP contribution in [0.3, 0.4) is 0 Å². The molecule has 0 fully saturated rings. The number of nitrogens with two attached hydrogens (primary N) is 1. The number of aromatic nitrogens is 2. The van der Waals surface area contributed by atoms with Crippen LogP contribution in [0.15, 0.2) is 23.0 Å². The second kappa shape index (κ2) is 4.85. The van der Waals surface area contributed by atoms with E-state index >= 15 is 0 Å². The molecule has 4 nitrogen and oxygen atoms in total. The van der Waals surface area contributed by atoms with Crippen molar-refractivity contribution in [3.8, 4) is 0 Å². The molecule has 2 rings (SSSR count). The van der Waals surface area contributed by atoms with E-state index in [1.54, 1.807) is 6.07 Å². The summed E-state index contributed by atoms with van der Waals surface area (Å²) < 4.78 is 1.46. The Kier molecular flexibility index (Phi) is 3.45. The van der Waals surface area contributed by atoms with E-state index < -0.39 is 0 Å². The third kappa shape index (κ3) is 2.33. The van der Waals surface area contributed by atoms with Gasteiger partial charge in [-0.1, -0.05) is 6.07 Å². The molecule has 1 aromatic carbocycles. The summed E-state index contributed by atoms with van der Waals surface area (Å²) in [6, 6.07) is 5.54. The average Bonchev–Trinajstić information content (AvgIpc) is 2.28. The lowest BCUT2D eigenvalue weighted by atomic mass is 10.2. The number of hydrogen-bond acceptors (Lipinski definition) is 3. The van der Waals surface area contributed by atoms with E-state index in [0.717, 1.165) is 5.56 Å². The molecule has 0 radical (unpaired) electrons. The fraction of sp³-hybridized carbons (Fsp3) is 0.333. The molecule has 1 heterocycles. The van der Waals surface area contributed by atoms with Crippen LogP contribution in [0.4, 0.5) is 0 Å². The van der Waals surface area contributed by atoms with E-state index in [2.05, 4.69) is 4.98 Å². The normalized spacial score (nSPS) is 11.0. The molecule has 0 unspecified atom stereocenters. The predicted octanol–water partition coefficient (Wildman–Crippen LogP) is 1.71. The lowest BCUT2D eigenvalue weighted by Crippen LogP contribution is -2.23. The van der Waals surface area contributed by atoms with Crippen LogP contribution in [-0.4, -0.2) is 16.1 Å². The summed E-state index contributed by atoms with van der Waals surface area (Å²) in [6.45, 7) is 2.98. The molecular formula is C12H14ClN3O. The van der Waals surface area contributed by atoms with Crippen molar-refractivity contribution in [3.05, 3.63) is 39.4 Å². The van der Waals surface area contributed by atoms with Crippen molar-refractivity contribution in [1.82, 2.24) is 9.55 Å². The first-order valence-corrected chi connectivity index (χ1v) is 5.88. The molecule has 2 aromatic rings. The van der Waals surface area contributed by atoms with Crippen LogP contribution in [0, 0.1) is 6.92 Å². The zero-order chi connectivity index (χ0) is 12.4. The number of rotatable bonds is 3. The highest BCUT2D eigenvalue weighted by atomic mass is 35.5. The number of benzene rings is 1. The van der Waals surface area contributed by atoms with Crippen LogP contribution in [0.2, 0.25) is 5.28 Å². The number of fused-ring (bicyclic) bond motifs is 1. The van der Waals surface area contributed by atoms with E-state index in [-0.39, 0.29) is 10.8 Å². The van der Waals surface area contributed by atoms with E-state index in [0.29, 0.717) is 30.4 Å². The number of halogens is 1. The van der Waals surface area contributed by atoms with E-state index in [9.17, 15) is 4.79 Å². The van der Waals surface area contributed by atoms with Crippen LogP contribution in [0.5, 0.6) is 0 Å². The van der Waals surface area contributed by atoms with Gasteiger partial charge in [0.25, 0.3) is 5.56 Å². The summed E-state index contributed by atoms with van der Waals surface area (Å²) in [4.78, 5) is 16.4. The highest BCUT2D eigenvalue weighted by Crippen LogP contribution is 2.13. The molecule has 0 aliphatic rings. The average molecular weight is 252 g/mol. The largest absolute Gasteiger partial charge is 0.330 e. The molecule has 1 aromatic heterocycles. The van der Waals surface area contributed by atoms with Gasteiger partial charge in [-0.25, -0.2) is 4.98 Å². The van der Waals surface area contributed by atoms with Crippen LogP contribution in [0.1, 0.15) is 12.0 Å². The van der Waals surface area contributed by atoms with Gasteiger partial charge in [0.15, 0.2) is 0 Å². The lowest BCUT2D eigenvalue weighted by Gasteiger charge is -2.08. The molecule has 5 heteroatoms. The van der Waals surface area contributed by atoms with Gasteiger partial charge in [-0.2, -0.15) is 0 Å². The van der Waals surface area contributed by atoms with Crippen molar-refractivity contribution in [1.29, 1.82) is 0 Å². The van der Waals surface area contributed by atoms with E-state index in [1.807, 2.05) is 19.1 Å². The first-order chi connectivity index (χ1) is 8.13. The zero-order valence-electron chi connectivity index (χ0n) is 9.61. The Balaban J connectivity index is 2.63. The molecule has 0 spiro atoms. The maximum Gasteiger partial charge on any atom is 0.262 e. The SMILES string of the molecule is Cc1ccc2c(=O)n(CCCN)c(Cl)nc2c1. The van der Waals surface area contributed by atoms with Gasteiger partial charge in [-0.3, -0.25) is 9.36 Å². The molecule has 0 amide bonds. The van der Waals surface area contributed by atoms with Gasteiger partial charge in [-0.05, 0) is 49.2 Å². The molecule has 0 saturated heterocycles. The first-order valence-electron chi connectivity index (χ1n) is 5.50. The van der Waals surface area contributed by atoms with Gasteiger partial charge in [-0.15, -0.1) is 0 Å². The quantitative estimate of drug-likeness (QED) is 0.845. The Labute approximate surface area is 104 Å². The molecule has 90 valence electrons. The molecule has 0 bridgehead atoms. The van der Waals surface area contributed by atoms with Crippen LogP contribution in [-0.2, 0) is 6.54 Å². The fourth-order valence-electron chi connectivity index (χ4n) is 1.75. The monoisotopic (exact) mass is 251 g/mol. The van der Waals surface area contributed by atoms with Gasteiger partial charge in [0.2, 0.25) is 5.28 Å². The molecule has 0 atom stereocenters. The lowest BCUT2D eigenvalue weighted by molar-refractivity contribution is 0.625. The van der Waals surface area contributed by atoms with Gasteiger partial charge < -0.3 is 5.73 Å². The minimum atomic E-state index is -0.103. The summed E-state index contributed by atoms with van der Waals surface area (Å²) in [7, 11) is 0. The third-order valence-corrected chi connectivity index (χ3v) is 2.94. The standard InChI is InChI=1S/C12H14ClN3O/c1-8-3-4-9-10(7-8)15-12(13)16(11(9)17)6-2-5-14/h3-4,7H,2,5-6,14H2,1H3. The van der Waals surface area contributed by atoms with Crippen LogP contribution < -0.4 is 11.3 Å². The highest BCUT2D eigenvalue weighted by Gasteiger charge is 2.08. The van der Waals surface area contributed by atoms with Crippen molar-refractivity contribution in [3.63, 3.8) is 0 Å². The van der Waals surface area contributed by atoms with Crippen molar-refractivity contribution in [2.45, 2.75) is 19.9 Å². The second-order valence-corrected chi connectivity index (χ2v) is 4.34. The Bertz CT molecular complexity index is 606. The summed E-state index contributed by atoms with van der Waals surface area (Å²) in [5.41, 5.74) is 7.03. The second-order valence-electron chi connectivity index (χ2n) is 4.00. The van der Waals surface area contributed by atoms with E-state index in [1.165, 1.54) is 4.57 Å². The summed E-state index contributed by atoms with van der Waals surface area (Å²) >= 11 is 6.01. The molecule has 0 aliphatic carbocycles. The van der Waals surface area contributed by atoms with Crippen molar-refractivity contribution in [2.75, 3.05) is 6.54 Å². The smallest absolute Gasteiger partial charge is 0.262 e. The van der Waals surface area contributed by atoms with Crippen LogP contribution in [0.25, 0.3) is 10.9 Å². The Morgan fingerprint density at radius 3 is 2.94 bits per heavy atom. The predicted molar refractivity (Wildman–Crippen MR) is 69.4 cm³/mol. The minimum Gasteiger partial charge on any atom is -0.330 e. The minimum absolute atomic E-state index is 0.103. The highest BCUT2D eigenvalue weighted by molar-refractivity contribution is 6.28. The van der Waals surface area contributed by atoms with Gasteiger partial charge >= 0.3 is 0 Å². The van der Waals surface area contributed by atoms with Gasteiger partial charge in [0, 0.05) is 6.54 Å². The Hall–Kier alpha value is -1.39. The van der Waals surface area contributed by atoms with Gasteiger partial charge in [0.05, 0.1) is 10.9 Å². The number of nitrogens with zero attached hydrogens (tertiary/aromatic N) is 2. The third-order valence-electron chi connectivity index (χ3n) is 2.65. The number of hydrogen-bond donors (Lipinski definition) is 1. The maximum atomic E-state index is 12.2.